The molecule has 0 aromatic rings. The minimum absolute atomic E-state index is 0.133. The summed E-state index contributed by atoms with van der Waals surface area (Å²) in [6.07, 6.45) is 4.29. The molecular formula is C15H26N2O3. The summed E-state index contributed by atoms with van der Waals surface area (Å²) in [5.74, 6) is -1.02. The molecular weight excluding hydrogens is 256 g/mol. The first kappa shape index (κ1) is 15.3. The number of hydrogen-bond donors (Lipinski definition) is 1. The van der Waals surface area contributed by atoms with Gasteiger partial charge in [-0.3, -0.25) is 14.5 Å². The summed E-state index contributed by atoms with van der Waals surface area (Å²) in [5, 5.41) is 9.09. The second kappa shape index (κ2) is 6.57. The highest BCUT2D eigenvalue weighted by Gasteiger charge is 2.32. The third kappa shape index (κ3) is 3.51. The van der Waals surface area contributed by atoms with Gasteiger partial charge in [-0.1, -0.05) is 0 Å². The van der Waals surface area contributed by atoms with Crippen LogP contribution in [0.2, 0.25) is 0 Å². The number of rotatable bonds is 4. The zero-order valence-corrected chi connectivity index (χ0v) is 12.5. The summed E-state index contributed by atoms with van der Waals surface area (Å²) in [7, 11) is 0. The SMILES string of the molecule is CC(C)N1CCC[C@H]1CC(=O)N1CCCC(C(=O)O)C1. The monoisotopic (exact) mass is 282 g/mol. The number of piperidine rings is 1. The van der Waals surface area contributed by atoms with E-state index in [4.69, 9.17) is 5.11 Å². The standard InChI is InChI=1S/C15H26N2O3/c1-11(2)17-8-4-6-13(17)9-14(18)16-7-3-5-12(10-16)15(19)20/h11-13H,3-10H2,1-2H3,(H,19,20)/t12?,13-/m0/s1. The Kier molecular flexibility index (Phi) is 5.02. The van der Waals surface area contributed by atoms with E-state index in [-0.39, 0.29) is 11.8 Å². The van der Waals surface area contributed by atoms with E-state index in [0.717, 1.165) is 32.4 Å². The Morgan fingerprint density at radius 1 is 1.20 bits per heavy atom. The van der Waals surface area contributed by atoms with Crippen LogP contribution in [0, 0.1) is 5.92 Å². The summed E-state index contributed by atoms with van der Waals surface area (Å²) >= 11 is 0. The number of carboxylic acids is 1. The van der Waals surface area contributed by atoms with Gasteiger partial charge in [0.15, 0.2) is 0 Å². The molecule has 5 heteroatoms. The molecule has 0 aromatic heterocycles. The molecule has 1 N–H and O–H groups in total. The van der Waals surface area contributed by atoms with E-state index in [9.17, 15) is 9.59 Å². The van der Waals surface area contributed by atoms with E-state index < -0.39 is 5.97 Å². The lowest BCUT2D eigenvalue weighted by Crippen LogP contribution is -2.45. The third-order valence-electron chi connectivity index (χ3n) is 4.62. The Hall–Kier alpha value is -1.10. The van der Waals surface area contributed by atoms with Crippen LogP contribution < -0.4 is 0 Å². The van der Waals surface area contributed by atoms with Crippen LogP contribution in [-0.2, 0) is 9.59 Å². The van der Waals surface area contributed by atoms with Crippen molar-refractivity contribution < 1.29 is 14.7 Å². The largest absolute Gasteiger partial charge is 0.481 e. The molecule has 20 heavy (non-hydrogen) atoms. The topological polar surface area (TPSA) is 60.9 Å². The normalized spacial score (nSPS) is 28.1. The van der Waals surface area contributed by atoms with E-state index in [1.807, 2.05) is 0 Å². The van der Waals surface area contributed by atoms with Crippen LogP contribution in [0.25, 0.3) is 0 Å². The molecule has 2 saturated heterocycles. The van der Waals surface area contributed by atoms with Gasteiger partial charge < -0.3 is 10.0 Å². The highest BCUT2D eigenvalue weighted by molar-refractivity contribution is 5.78. The molecule has 114 valence electrons. The molecule has 2 heterocycles. The molecule has 0 bridgehead atoms. The quantitative estimate of drug-likeness (QED) is 0.850. The smallest absolute Gasteiger partial charge is 0.308 e. The van der Waals surface area contributed by atoms with Crippen molar-refractivity contribution in [2.45, 2.75) is 58.0 Å². The Morgan fingerprint density at radius 3 is 2.55 bits per heavy atom. The molecule has 0 saturated carbocycles. The first-order chi connectivity index (χ1) is 9.49. The van der Waals surface area contributed by atoms with Crippen molar-refractivity contribution in [1.29, 1.82) is 0 Å². The van der Waals surface area contributed by atoms with Crippen LogP contribution in [0.15, 0.2) is 0 Å². The van der Waals surface area contributed by atoms with Gasteiger partial charge in [0.25, 0.3) is 0 Å². The fourth-order valence-electron chi connectivity index (χ4n) is 3.49. The zero-order valence-electron chi connectivity index (χ0n) is 12.5. The highest BCUT2D eigenvalue weighted by Crippen LogP contribution is 2.24. The average molecular weight is 282 g/mol. The van der Waals surface area contributed by atoms with Crippen molar-refractivity contribution >= 4 is 11.9 Å². The van der Waals surface area contributed by atoms with Crippen LogP contribution in [0.3, 0.4) is 0 Å². The van der Waals surface area contributed by atoms with Crippen molar-refractivity contribution in [3.8, 4) is 0 Å². The van der Waals surface area contributed by atoms with Crippen molar-refractivity contribution in [2.75, 3.05) is 19.6 Å². The number of nitrogens with zero attached hydrogens (tertiary/aromatic N) is 2. The summed E-state index contributed by atoms with van der Waals surface area (Å²) in [5.41, 5.74) is 0. The maximum absolute atomic E-state index is 12.4. The lowest BCUT2D eigenvalue weighted by atomic mass is 9.97. The van der Waals surface area contributed by atoms with E-state index in [1.165, 1.54) is 0 Å². The lowest BCUT2D eigenvalue weighted by Gasteiger charge is -2.33. The number of carboxylic acid groups (broad SMARTS) is 1. The Balaban J connectivity index is 1.89. The van der Waals surface area contributed by atoms with Gasteiger partial charge in [-0.15, -0.1) is 0 Å². The molecule has 2 aliphatic heterocycles. The van der Waals surface area contributed by atoms with Crippen molar-refractivity contribution in [2.24, 2.45) is 5.92 Å². The minimum atomic E-state index is -0.771. The molecule has 2 aliphatic rings. The fourth-order valence-corrected chi connectivity index (χ4v) is 3.49. The van der Waals surface area contributed by atoms with Crippen LogP contribution >= 0.6 is 0 Å². The van der Waals surface area contributed by atoms with E-state index in [0.29, 0.717) is 31.5 Å². The molecule has 5 nitrogen and oxygen atoms in total. The number of amides is 1. The Bertz CT molecular complexity index is 370. The zero-order chi connectivity index (χ0) is 14.7. The predicted molar refractivity (Wildman–Crippen MR) is 76.4 cm³/mol. The number of carbonyl (C=O) groups excluding carboxylic acids is 1. The van der Waals surface area contributed by atoms with Crippen LogP contribution in [0.4, 0.5) is 0 Å². The average Bonchev–Trinajstić information content (AvgIpc) is 2.87. The third-order valence-corrected chi connectivity index (χ3v) is 4.62. The maximum atomic E-state index is 12.4. The number of hydrogen-bond acceptors (Lipinski definition) is 3. The number of carbonyl (C=O) groups is 2. The van der Waals surface area contributed by atoms with Gasteiger partial charge in [0.05, 0.1) is 5.92 Å². The van der Waals surface area contributed by atoms with E-state index >= 15 is 0 Å². The van der Waals surface area contributed by atoms with Gasteiger partial charge in [-0.25, -0.2) is 0 Å². The Labute approximate surface area is 120 Å². The molecule has 2 rings (SSSR count). The summed E-state index contributed by atoms with van der Waals surface area (Å²) in [6, 6.07) is 0.816. The lowest BCUT2D eigenvalue weighted by molar-refractivity contribution is -0.145. The van der Waals surface area contributed by atoms with Gasteiger partial charge in [0.1, 0.15) is 0 Å². The van der Waals surface area contributed by atoms with E-state index in [2.05, 4.69) is 18.7 Å². The number of likely N-dealkylation sites (tertiary alicyclic amines) is 2. The van der Waals surface area contributed by atoms with Crippen molar-refractivity contribution in [3.63, 3.8) is 0 Å². The molecule has 0 spiro atoms. The summed E-state index contributed by atoms with van der Waals surface area (Å²) in [4.78, 5) is 27.6. The van der Waals surface area contributed by atoms with Gasteiger partial charge in [-0.05, 0) is 46.1 Å². The second-order valence-corrected chi connectivity index (χ2v) is 6.35. The summed E-state index contributed by atoms with van der Waals surface area (Å²) in [6.45, 7) is 6.53. The first-order valence-electron chi connectivity index (χ1n) is 7.75. The van der Waals surface area contributed by atoms with E-state index in [1.54, 1.807) is 4.90 Å². The van der Waals surface area contributed by atoms with Gasteiger partial charge in [0.2, 0.25) is 5.91 Å². The second-order valence-electron chi connectivity index (χ2n) is 6.35. The van der Waals surface area contributed by atoms with Gasteiger partial charge in [0, 0.05) is 31.6 Å². The van der Waals surface area contributed by atoms with Crippen LogP contribution in [0.5, 0.6) is 0 Å². The molecule has 1 amide bonds. The molecule has 0 aromatic carbocycles. The molecule has 2 fully saturated rings. The van der Waals surface area contributed by atoms with Crippen molar-refractivity contribution in [3.05, 3.63) is 0 Å². The summed E-state index contributed by atoms with van der Waals surface area (Å²) < 4.78 is 0. The highest BCUT2D eigenvalue weighted by atomic mass is 16.4. The molecule has 2 atom stereocenters. The minimum Gasteiger partial charge on any atom is -0.481 e. The van der Waals surface area contributed by atoms with Crippen LogP contribution in [-0.4, -0.2) is 58.5 Å². The first-order valence-corrected chi connectivity index (χ1v) is 7.75. The van der Waals surface area contributed by atoms with Gasteiger partial charge >= 0.3 is 5.97 Å². The van der Waals surface area contributed by atoms with Crippen molar-refractivity contribution in [1.82, 2.24) is 9.80 Å². The van der Waals surface area contributed by atoms with Gasteiger partial charge in [-0.2, -0.15) is 0 Å². The molecule has 1 unspecified atom stereocenters. The van der Waals surface area contributed by atoms with Crippen LogP contribution in [0.1, 0.15) is 46.0 Å². The molecule has 0 aliphatic carbocycles. The predicted octanol–water partition coefficient (Wildman–Crippen LogP) is 1.57. The number of aliphatic carboxylic acids is 1. The fraction of sp³-hybridized carbons (Fsp3) is 0.867. The molecule has 0 radical (unpaired) electrons. The maximum Gasteiger partial charge on any atom is 0.308 e. The Morgan fingerprint density at radius 2 is 1.90 bits per heavy atom.